The molecule has 1 N–H and O–H groups in total. The lowest BCUT2D eigenvalue weighted by molar-refractivity contribution is 0.586. The van der Waals surface area contributed by atoms with Crippen LogP contribution < -0.4 is 5.32 Å². The number of aromatic nitrogens is 4. The summed E-state index contributed by atoms with van der Waals surface area (Å²) >= 11 is 1.58. The van der Waals surface area contributed by atoms with Gasteiger partial charge in [-0.15, -0.1) is 5.10 Å². The predicted molar refractivity (Wildman–Crippen MR) is 59.7 cm³/mol. The standard InChI is InChI=1S/C9H14N6S/c1-15-9(12-13-14-15)16-5-4-8(6-10)11-7-2-3-7/h7-8,11H,2-5H2,1H3. The van der Waals surface area contributed by atoms with Gasteiger partial charge in [0, 0.05) is 18.8 Å². The van der Waals surface area contributed by atoms with Crippen molar-refractivity contribution in [2.24, 2.45) is 7.05 Å². The molecule has 0 spiro atoms. The van der Waals surface area contributed by atoms with Crippen LogP contribution in [-0.4, -0.2) is 38.0 Å². The smallest absolute Gasteiger partial charge is 0.209 e. The van der Waals surface area contributed by atoms with Crippen LogP contribution in [0.2, 0.25) is 0 Å². The summed E-state index contributed by atoms with van der Waals surface area (Å²) in [5.41, 5.74) is 0. The molecule has 1 saturated carbocycles. The molecule has 1 atom stereocenters. The summed E-state index contributed by atoms with van der Waals surface area (Å²) in [4.78, 5) is 0. The van der Waals surface area contributed by atoms with Crippen molar-refractivity contribution in [3.05, 3.63) is 0 Å². The van der Waals surface area contributed by atoms with Gasteiger partial charge >= 0.3 is 0 Å². The third-order valence-corrected chi connectivity index (χ3v) is 3.43. The Kier molecular flexibility index (Phi) is 3.74. The van der Waals surface area contributed by atoms with Crippen LogP contribution >= 0.6 is 11.8 Å². The summed E-state index contributed by atoms with van der Waals surface area (Å²) in [6, 6.07) is 2.82. The van der Waals surface area contributed by atoms with E-state index in [1.54, 1.807) is 16.4 Å². The molecule has 1 fully saturated rings. The fourth-order valence-corrected chi connectivity index (χ4v) is 2.18. The maximum atomic E-state index is 8.95. The zero-order valence-electron chi connectivity index (χ0n) is 9.13. The first-order valence-corrected chi connectivity index (χ1v) is 6.29. The third-order valence-electron chi connectivity index (χ3n) is 2.39. The van der Waals surface area contributed by atoms with Gasteiger partial charge in [0.25, 0.3) is 0 Å². The molecule has 0 amide bonds. The van der Waals surface area contributed by atoms with E-state index in [1.165, 1.54) is 12.8 Å². The van der Waals surface area contributed by atoms with Gasteiger partial charge in [-0.1, -0.05) is 11.8 Å². The molecule has 1 aromatic rings. The number of aryl methyl sites for hydroxylation is 1. The molecular formula is C9H14N6S. The molecule has 0 aliphatic heterocycles. The Hall–Kier alpha value is -1.13. The Morgan fingerprint density at radius 3 is 3.06 bits per heavy atom. The van der Waals surface area contributed by atoms with Crippen LogP contribution in [0.1, 0.15) is 19.3 Å². The number of hydrogen-bond acceptors (Lipinski definition) is 6. The van der Waals surface area contributed by atoms with Crippen molar-refractivity contribution in [1.29, 1.82) is 5.26 Å². The molecule has 2 rings (SSSR count). The molecule has 1 unspecified atom stereocenters. The highest BCUT2D eigenvalue weighted by Gasteiger charge is 2.24. The molecule has 7 heteroatoms. The van der Waals surface area contributed by atoms with E-state index in [1.807, 2.05) is 7.05 Å². The lowest BCUT2D eigenvalue weighted by Crippen LogP contribution is -2.29. The van der Waals surface area contributed by atoms with Crippen LogP contribution in [0.4, 0.5) is 0 Å². The Morgan fingerprint density at radius 1 is 1.69 bits per heavy atom. The molecule has 0 bridgehead atoms. The van der Waals surface area contributed by atoms with Crippen molar-refractivity contribution in [1.82, 2.24) is 25.5 Å². The minimum Gasteiger partial charge on any atom is -0.299 e. The number of rotatable bonds is 6. The second kappa shape index (κ2) is 5.27. The van der Waals surface area contributed by atoms with E-state index in [9.17, 15) is 0 Å². The van der Waals surface area contributed by atoms with Crippen molar-refractivity contribution in [2.45, 2.75) is 36.5 Å². The van der Waals surface area contributed by atoms with Gasteiger partial charge in [-0.2, -0.15) is 5.26 Å². The highest BCUT2D eigenvalue weighted by Crippen LogP contribution is 2.21. The summed E-state index contributed by atoms with van der Waals surface area (Å²) in [5.74, 6) is 0.853. The van der Waals surface area contributed by atoms with Gasteiger partial charge in [-0.05, 0) is 29.7 Å². The average Bonchev–Trinajstić information content (AvgIpc) is 3.01. The SMILES string of the molecule is Cn1nnnc1SCCC(C#N)NC1CC1. The van der Waals surface area contributed by atoms with Gasteiger partial charge in [0.2, 0.25) is 5.16 Å². The zero-order chi connectivity index (χ0) is 11.4. The van der Waals surface area contributed by atoms with E-state index >= 15 is 0 Å². The lowest BCUT2D eigenvalue weighted by Gasteiger charge is -2.09. The molecular weight excluding hydrogens is 224 g/mol. The monoisotopic (exact) mass is 238 g/mol. The van der Waals surface area contributed by atoms with E-state index in [-0.39, 0.29) is 6.04 Å². The molecule has 1 heterocycles. The van der Waals surface area contributed by atoms with E-state index < -0.39 is 0 Å². The number of hydrogen-bond donors (Lipinski definition) is 1. The summed E-state index contributed by atoms with van der Waals surface area (Å²) < 4.78 is 1.64. The lowest BCUT2D eigenvalue weighted by atomic mass is 10.2. The van der Waals surface area contributed by atoms with Crippen molar-refractivity contribution in [2.75, 3.05) is 5.75 Å². The minimum atomic E-state index is -0.0406. The van der Waals surface area contributed by atoms with Gasteiger partial charge in [0.15, 0.2) is 0 Å². The Morgan fingerprint density at radius 2 is 2.50 bits per heavy atom. The largest absolute Gasteiger partial charge is 0.299 e. The fourth-order valence-electron chi connectivity index (χ4n) is 1.33. The van der Waals surface area contributed by atoms with E-state index in [0.717, 1.165) is 17.3 Å². The van der Waals surface area contributed by atoms with E-state index in [4.69, 9.17) is 5.26 Å². The fraction of sp³-hybridized carbons (Fsp3) is 0.778. The van der Waals surface area contributed by atoms with Gasteiger partial charge in [0.05, 0.1) is 12.1 Å². The number of thioether (sulfide) groups is 1. The Bertz CT molecular complexity index is 380. The Labute approximate surface area is 98.4 Å². The topological polar surface area (TPSA) is 79.4 Å². The van der Waals surface area contributed by atoms with Crippen LogP contribution in [0.15, 0.2) is 5.16 Å². The van der Waals surface area contributed by atoms with Gasteiger partial charge in [-0.25, -0.2) is 4.68 Å². The molecule has 86 valence electrons. The molecule has 0 aromatic carbocycles. The molecule has 1 aromatic heterocycles. The first kappa shape index (κ1) is 11.4. The molecule has 0 saturated heterocycles. The highest BCUT2D eigenvalue weighted by atomic mass is 32.2. The van der Waals surface area contributed by atoms with Crippen LogP contribution in [0.5, 0.6) is 0 Å². The minimum absolute atomic E-state index is 0.0406. The first-order valence-electron chi connectivity index (χ1n) is 5.30. The Balaban J connectivity index is 1.70. The van der Waals surface area contributed by atoms with Crippen LogP contribution in [-0.2, 0) is 7.05 Å². The van der Waals surface area contributed by atoms with E-state index in [2.05, 4.69) is 26.9 Å². The van der Waals surface area contributed by atoms with Crippen LogP contribution in [0.25, 0.3) is 0 Å². The van der Waals surface area contributed by atoms with Gasteiger partial charge in [-0.3, -0.25) is 5.32 Å². The number of nitrogens with one attached hydrogen (secondary N) is 1. The van der Waals surface area contributed by atoms with Crippen molar-refractivity contribution in [3.8, 4) is 6.07 Å². The number of tetrazole rings is 1. The molecule has 16 heavy (non-hydrogen) atoms. The highest BCUT2D eigenvalue weighted by molar-refractivity contribution is 7.99. The van der Waals surface area contributed by atoms with Crippen molar-refractivity contribution in [3.63, 3.8) is 0 Å². The maximum Gasteiger partial charge on any atom is 0.209 e. The van der Waals surface area contributed by atoms with Gasteiger partial charge < -0.3 is 0 Å². The van der Waals surface area contributed by atoms with Crippen LogP contribution in [0, 0.1) is 11.3 Å². The average molecular weight is 238 g/mol. The summed E-state index contributed by atoms with van der Waals surface area (Å²) in [6.07, 6.45) is 3.24. The van der Waals surface area contributed by atoms with Crippen molar-refractivity contribution < 1.29 is 0 Å². The number of nitrogens with zero attached hydrogens (tertiary/aromatic N) is 5. The molecule has 1 aliphatic carbocycles. The van der Waals surface area contributed by atoms with E-state index in [0.29, 0.717) is 6.04 Å². The maximum absolute atomic E-state index is 8.95. The number of nitriles is 1. The molecule has 0 radical (unpaired) electrons. The second-order valence-electron chi connectivity index (χ2n) is 3.84. The third kappa shape index (κ3) is 3.18. The first-order chi connectivity index (χ1) is 7.79. The zero-order valence-corrected chi connectivity index (χ0v) is 9.94. The second-order valence-corrected chi connectivity index (χ2v) is 4.91. The van der Waals surface area contributed by atoms with Crippen molar-refractivity contribution >= 4 is 11.8 Å². The quantitative estimate of drug-likeness (QED) is 0.720. The summed E-state index contributed by atoms with van der Waals surface area (Å²) in [7, 11) is 1.81. The van der Waals surface area contributed by atoms with Crippen LogP contribution in [0.3, 0.4) is 0 Å². The summed E-state index contributed by atoms with van der Waals surface area (Å²) in [6.45, 7) is 0. The predicted octanol–water partition coefficient (Wildman–Crippen LogP) is 0.336. The normalized spacial score (nSPS) is 17.0. The molecule has 6 nitrogen and oxygen atoms in total. The molecule has 1 aliphatic rings. The van der Waals surface area contributed by atoms with Gasteiger partial charge in [0.1, 0.15) is 0 Å². The summed E-state index contributed by atoms with van der Waals surface area (Å²) in [5, 5.41) is 24.2.